The molecule has 0 spiro atoms. The van der Waals surface area contributed by atoms with Gasteiger partial charge >= 0.3 is 6.18 Å². The molecule has 8 heteroatoms. The minimum atomic E-state index is -4.49. The summed E-state index contributed by atoms with van der Waals surface area (Å²) in [6.45, 7) is 0.283. The van der Waals surface area contributed by atoms with Crippen molar-refractivity contribution in [2.75, 3.05) is 5.32 Å². The number of rotatable bonds is 2. The third-order valence-corrected chi connectivity index (χ3v) is 4.57. The van der Waals surface area contributed by atoms with E-state index in [-0.39, 0.29) is 30.1 Å². The summed E-state index contributed by atoms with van der Waals surface area (Å²) in [7, 11) is 0. The molecule has 4 rings (SSSR count). The maximum Gasteiger partial charge on any atom is 0.416 e. The first-order valence-electron chi connectivity index (χ1n) is 8.30. The van der Waals surface area contributed by atoms with Gasteiger partial charge in [0.05, 0.1) is 16.6 Å². The van der Waals surface area contributed by atoms with Crippen LogP contribution in [0, 0.1) is 0 Å². The lowest BCUT2D eigenvalue weighted by Gasteiger charge is -2.22. The van der Waals surface area contributed by atoms with E-state index in [0.29, 0.717) is 11.2 Å². The number of aromatic nitrogens is 2. The van der Waals surface area contributed by atoms with Crippen LogP contribution in [0.5, 0.6) is 0 Å². The molecule has 0 radical (unpaired) electrons. The number of benzene rings is 2. The van der Waals surface area contributed by atoms with Crippen molar-refractivity contribution in [3.8, 4) is 0 Å². The monoisotopic (exact) mass is 373 g/mol. The fourth-order valence-corrected chi connectivity index (χ4v) is 3.29. The first-order chi connectivity index (χ1) is 12.8. The van der Waals surface area contributed by atoms with Gasteiger partial charge in [0, 0.05) is 18.7 Å². The summed E-state index contributed by atoms with van der Waals surface area (Å²) in [5.41, 5.74) is 0.306. The van der Waals surface area contributed by atoms with E-state index in [9.17, 15) is 22.8 Å². The van der Waals surface area contributed by atoms with Crippen LogP contribution in [-0.2, 0) is 22.3 Å². The highest BCUT2D eigenvalue weighted by Gasteiger charge is 2.37. The van der Waals surface area contributed by atoms with Crippen LogP contribution >= 0.6 is 0 Å². The number of nitrogens with one attached hydrogen (secondary N) is 1. The van der Waals surface area contributed by atoms with E-state index in [4.69, 9.17) is 0 Å². The number of carbonyl (C=O) groups is 2. The van der Waals surface area contributed by atoms with Crippen LogP contribution in [0.2, 0.25) is 0 Å². The quantitative estimate of drug-likeness (QED) is 0.696. The molecule has 1 aromatic heterocycles. The van der Waals surface area contributed by atoms with Crippen molar-refractivity contribution in [2.24, 2.45) is 0 Å². The third kappa shape index (κ3) is 3.07. The predicted octanol–water partition coefficient (Wildman–Crippen LogP) is 3.75. The summed E-state index contributed by atoms with van der Waals surface area (Å²) in [4.78, 5) is 29.3. The number of hydrogen-bond acceptors (Lipinski definition) is 3. The highest BCUT2D eigenvalue weighted by atomic mass is 19.4. The minimum absolute atomic E-state index is 0.117. The Balaban J connectivity index is 1.75. The Morgan fingerprint density at radius 3 is 2.59 bits per heavy atom. The van der Waals surface area contributed by atoms with Crippen molar-refractivity contribution in [2.45, 2.75) is 25.1 Å². The molecule has 0 aliphatic carbocycles. The molecule has 0 saturated carbocycles. The summed E-state index contributed by atoms with van der Waals surface area (Å²) in [6, 6.07) is 11.9. The van der Waals surface area contributed by atoms with E-state index >= 15 is 0 Å². The molecule has 138 valence electrons. The lowest BCUT2D eigenvalue weighted by Crippen LogP contribution is -2.34. The fraction of sp³-hybridized carbons (Fsp3) is 0.211. The van der Waals surface area contributed by atoms with Crippen molar-refractivity contribution in [1.29, 1.82) is 0 Å². The average molecular weight is 373 g/mol. The van der Waals surface area contributed by atoms with E-state index in [2.05, 4.69) is 10.3 Å². The molecule has 0 bridgehead atoms. The number of para-hydroxylation sites is 1. The Hall–Kier alpha value is -3.16. The standard InChI is InChI=1S/C19H14F3N3O2/c20-19(21,22)11-6-7-14-13(10-11)24-17-16(15(26)8-9-25(14)17)18(27)23-12-4-2-1-3-5-12/h1-7,10,16H,8-9H2,(H,23,27). The number of anilines is 1. The van der Waals surface area contributed by atoms with Gasteiger partial charge in [-0.05, 0) is 30.3 Å². The SMILES string of the molecule is O=C1CCn2c(nc3cc(C(F)(F)F)ccc32)C1C(=O)Nc1ccccc1. The van der Waals surface area contributed by atoms with Gasteiger partial charge in [0.15, 0.2) is 11.7 Å². The van der Waals surface area contributed by atoms with Crippen molar-refractivity contribution in [1.82, 2.24) is 9.55 Å². The maximum atomic E-state index is 13.0. The molecule has 5 nitrogen and oxygen atoms in total. The molecule has 1 aliphatic rings. The van der Waals surface area contributed by atoms with Gasteiger partial charge in [0.2, 0.25) is 5.91 Å². The van der Waals surface area contributed by atoms with Crippen LogP contribution in [0.25, 0.3) is 11.0 Å². The summed E-state index contributed by atoms with van der Waals surface area (Å²) >= 11 is 0. The highest BCUT2D eigenvalue weighted by molar-refractivity contribution is 6.12. The molecule has 2 heterocycles. The Kier molecular flexibility index (Phi) is 3.98. The molecule has 0 fully saturated rings. The summed E-state index contributed by atoms with van der Waals surface area (Å²) in [6.07, 6.45) is -4.37. The molecule has 0 saturated heterocycles. The number of fused-ring (bicyclic) bond motifs is 3. The van der Waals surface area contributed by atoms with Crippen molar-refractivity contribution >= 4 is 28.4 Å². The number of alkyl halides is 3. The normalized spacial score (nSPS) is 17.0. The van der Waals surface area contributed by atoms with E-state index in [1.54, 1.807) is 34.9 Å². The van der Waals surface area contributed by atoms with Gasteiger partial charge in [-0.2, -0.15) is 13.2 Å². The first-order valence-corrected chi connectivity index (χ1v) is 8.30. The van der Waals surface area contributed by atoms with Crippen molar-refractivity contribution in [3.63, 3.8) is 0 Å². The van der Waals surface area contributed by atoms with Gasteiger partial charge in [-0.1, -0.05) is 18.2 Å². The molecular formula is C19H14F3N3O2. The number of halogens is 3. The lowest BCUT2D eigenvalue weighted by atomic mass is 9.96. The van der Waals surface area contributed by atoms with Crippen LogP contribution in [0.3, 0.4) is 0 Å². The zero-order valence-corrected chi connectivity index (χ0v) is 14.0. The maximum absolute atomic E-state index is 13.0. The second-order valence-corrected chi connectivity index (χ2v) is 6.33. The third-order valence-electron chi connectivity index (χ3n) is 4.57. The number of aryl methyl sites for hydroxylation is 1. The molecule has 1 atom stereocenters. The number of Topliss-reactive ketones (excluding diaryl/α,β-unsaturated/α-hetero) is 1. The number of amides is 1. The second kappa shape index (κ2) is 6.22. The first kappa shape index (κ1) is 17.3. The molecule has 27 heavy (non-hydrogen) atoms. The smallest absolute Gasteiger partial charge is 0.326 e. The van der Waals surface area contributed by atoms with Gasteiger partial charge in [-0.25, -0.2) is 4.98 Å². The molecule has 1 aliphatic heterocycles. The molecule has 1 amide bonds. The number of hydrogen-bond donors (Lipinski definition) is 1. The number of nitrogens with zero attached hydrogens (tertiary/aromatic N) is 2. The van der Waals surface area contributed by atoms with Gasteiger partial charge < -0.3 is 9.88 Å². The average Bonchev–Trinajstić information content (AvgIpc) is 2.99. The van der Waals surface area contributed by atoms with Gasteiger partial charge in [0.1, 0.15) is 5.82 Å². The van der Waals surface area contributed by atoms with Gasteiger partial charge in [-0.15, -0.1) is 0 Å². The van der Waals surface area contributed by atoms with E-state index in [0.717, 1.165) is 12.1 Å². The zero-order valence-electron chi connectivity index (χ0n) is 14.0. The topological polar surface area (TPSA) is 64.0 Å². The lowest BCUT2D eigenvalue weighted by molar-refractivity contribution is -0.137. The second-order valence-electron chi connectivity index (χ2n) is 6.33. The van der Waals surface area contributed by atoms with Crippen LogP contribution in [0.4, 0.5) is 18.9 Å². The molecule has 1 unspecified atom stereocenters. The number of carbonyl (C=O) groups excluding carboxylic acids is 2. The van der Waals surface area contributed by atoms with Crippen LogP contribution in [0.1, 0.15) is 23.7 Å². The molecule has 2 aromatic carbocycles. The zero-order chi connectivity index (χ0) is 19.2. The molecule has 3 aromatic rings. The van der Waals surface area contributed by atoms with Gasteiger partial charge in [-0.3, -0.25) is 9.59 Å². The van der Waals surface area contributed by atoms with E-state index < -0.39 is 23.6 Å². The van der Waals surface area contributed by atoms with Crippen LogP contribution in [0.15, 0.2) is 48.5 Å². The Labute approximate surface area is 151 Å². The predicted molar refractivity (Wildman–Crippen MR) is 92.2 cm³/mol. The van der Waals surface area contributed by atoms with Crippen LogP contribution in [-0.4, -0.2) is 21.2 Å². The van der Waals surface area contributed by atoms with Crippen molar-refractivity contribution < 1.29 is 22.8 Å². The number of imidazole rings is 1. The summed E-state index contributed by atoms with van der Waals surface area (Å²) < 4.78 is 40.5. The number of ketones is 1. The van der Waals surface area contributed by atoms with E-state index in [1.165, 1.54) is 6.07 Å². The van der Waals surface area contributed by atoms with Crippen molar-refractivity contribution in [3.05, 3.63) is 59.9 Å². The Morgan fingerprint density at radius 2 is 1.89 bits per heavy atom. The molecule has 1 N–H and O–H groups in total. The van der Waals surface area contributed by atoms with Gasteiger partial charge in [0.25, 0.3) is 0 Å². The molecular weight excluding hydrogens is 359 g/mol. The Morgan fingerprint density at radius 1 is 1.15 bits per heavy atom. The Bertz CT molecular complexity index is 1040. The van der Waals surface area contributed by atoms with E-state index in [1.807, 2.05) is 0 Å². The van der Waals surface area contributed by atoms with Crippen LogP contribution < -0.4 is 5.32 Å². The fourth-order valence-electron chi connectivity index (χ4n) is 3.29. The largest absolute Gasteiger partial charge is 0.416 e. The summed E-state index contributed by atoms with van der Waals surface area (Å²) in [5, 5.41) is 2.67. The summed E-state index contributed by atoms with van der Waals surface area (Å²) in [5.74, 6) is -1.82. The minimum Gasteiger partial charge on any atom is -0.326 e. The highest BCUT2D eigenvalue weighted by Crippen LogP contribution is 2.34.